The van der Waals surface area contributed by atoms with E-state index in [1.807, 2.05) is 0 Å². The molecule has 2 atom stereocenters. The summed E-state index contributed by atoms with van der Waals surface area (Å²) in [6.45, 7) is 2.41. The van der Waals surface area contributed by atoms with Gasteiger partial charge in [-0.3, -0.25) is 0 Å². The van der Waals surface area contributed by atoms with E-state index in [1.54, 1.807) is 0 Å². The summed E-state index contributed by atoms with van der Waals surface area (Å²) in [7, 11) is 0. The van der Waals surface area contributed by atoms with Crippen LogP contribution in [0.25, 0.3) is 0 Å². The Labute approximate surface area is 99.0 Å². The van der Waals surface area contributed by atoms with Gasteiger partial charge in [0.15, 0.2) is 0 Å². The molecule has 1 aliphatic carbocycles. The summed E-state index contributed by atoms with van der Waals surface area (Å²) in [6, 6.07) is 11.2. The SMILES string of the molecule is CC1(CCCc2ccccc2)CCC(N)C1. The van der Waals surface area contributed by atoms with Crippen LogP contribution < -0.4 is 5.73 Å². The lowest BCUT2D eigenvalue weighted by Crippen LogP contribution is -2.19. The van der Waals surface area contributed by atoms with E-state index in [4.69, 9.17) is 5.73 Å². The Kier molecular flexibility index (Phi) is 3.65. The summed E-state index contributed by atoms with van der Waals surface area (Å²) in [5.74, 6) is 0. The second kappa shape index (κ2) is 5.01. The predicted octanol–water partition coefficient (Wildman–Crippen LogP) is 3.53. The van der Waals surface area contributed by atoms with Crippen molar-refractivity contribution in [2.75, 3.05) is 0 Å². The molecule has 16 heavy (non-hydrogen) atoms. The number of aryl methyl sites for hydroxylation is 1. The summed E-state index contributed by atoms with van der Waals surface area (Å²) in [6.07, 6.45) is 7.61. The zero-order valence-electron chi connectivity index (χ0n) is 10.3. The Morgan fingerprint density at radius 3 is 2.69 bits per heavy atom. The standard InChI is InChI=1S/C15H23N/c1-15(11-9-14(16)12-15)10-5-8-13-6-3-2-4-7-13/h2-4,6-7,14H,5,8-12,16H2,1H3. The Balaban J connectivity index is 1.76. The first kappa shape index (κ1) is 11.7. The molecule has 2 rings (SSSR count). The molecule has 0 aromatic heterocycles. The van der Waals surface area contributed by atoms with Gasteiger partial charge in [-0.15, -0.1) is 0 Å². The van der Waals surface area contributed by atoms with E-state index in [0.29, 0.717) is 11.5 Å². The van der Waals surface area contributed by atoms with Gasteiger partial charge in [0, 0.05) is 6.04 Å². The smallest absolute Gasteiger partial charge is 0.00442 e. The minimum Gasteiger partial charge on any atom is -0.328 e. The Morgan fingerprint density at radius 2 is 2.06 bits per heavy atom. The molecule has 0 bridgehead atoms. The third-order valence-electron chi connectivity index (χ3n) is 3.96. The highest BCUT2D eigenvalue weighted by Gasteiger charge is 2.32. The first-order valence-electron chi connectivity index (χ1n) is 6.47. The molecule has 1 aliphatic rings. The van der Waals surface area contributed by atoms with Crippen molar-refractivity contribution < 1.29 is 0 Å². The number of hydrogen-bond donors (Lipinski definition) is 1. The van der Waals surface area contributed by atoms with Gasteiger partial charge < -0.3 is 5.73 Å². The molecule has 0 saturated heterocycles. The topological polar surface area (TPSA) is 26.0 Å². The molecular weight excluding hydrogens is 194 g/mol. The van der Waals surface area contributed by atoms with E-state index in [-0.39, 0.29) is 0 Å². The maximum absolute atomic E-state index is 5.99. The predicted molar refractivity (Wildman–Crippen MR) is 69.3 cm³/mol. The minimum atomic E-state index is 0.460. The van der Waals surface area contributed by atoms with Crippen LogP contribution in [0.4, 0.5) is 0 Å². The highest BCUT2D eigenvalue weighted by atomic mass is 14.7. The third kappa shape index (κ3) is 3.08. The molecule has 1 aromatic rings. The second-order valence-electron chi connectivity index (χ2n) is 5.65. The molecule has 1 saturated carbocycles. The van der Waals surface area contributed by atoms with Crippen molar-refractivity contribution in [2.24, 2.45) is 11.1 Å². The average molecular weight is 217 g/mol. The van der Waals surface area contributed by atoms with Crippen LogP contribution in [-0.2, 0) is 6.42 Å². The van der Waals surface area contributed by atoms with Crippen LogP contribution in [0.15, 0.2) is 30.3 Å². The summed E-state index contributed by atoms with van der Waals surface area (Å²) < 4.78 is 0. The van der Waals surface area contributed by atoms with Crippen molar-refractivity contribution in [3.63, 3.8) is 0 Å². The lowest BCUT2D eigenvalue weighted by Gasteiger charge is -2.23. The zero-order valence-corrected chi connectivity index (χ0v) is 10.3. The maximum atomic E-state index is 5.99. The van der Waals surface area contributed by atoms with Gasteiger partial charge in [0.2, 0.25) is 0 Å². The number of benzene rings is 1. The van der Waals surface area contributed by atoms with E-state index in [1.165, 1.54) is 44.1 Å². The quantitative estimate of drug-likeness (QED) is 0.820. The molecule has 1 nitrogen and oxygen atoms in total. The number of nitrogens with two attached hydrogens (primary N) is 1. The van der Waals surface area contributed by atoms with Crippen LogP contribution in [0.2, 0.25) is 0 Å². The summed E-state index contributed by atoms with van der Waals surface area (Å²) in [5.41, 5.74) is 7.98. The average Bonchev–Trinajstić information content (AvgIpc) is 2.60. The monoisotopic (exact) mass is 217 g/mol. The van der Waals surface area contributed by atoms with Gasteiger partial charge in [0.25, 0.3) is 0 Å². The highest BCUT2D eigenvalue weighted by molar-refractivity contribution is 5.14. The zero-order chi connectivity index (χ0) is 11.4. The molecule has 0 aliphatic heterocycles. The van der Waals surface area contributed by atoms with Crippen molar-refractivity contribution in [3.8, 4) is 0 Å². The molecule has 0 spiro atoms. The summed E-state index contributed by atoms with van der Waals surface area (Å²) >= 11 is 0. The van der Waals surface area contributed by atoms with E-state index >= 15 is 0 Å². The largest absolute Gasteiger partial charge is 0.328 e. The minimum absolute atomic E-state index is 0.460. The van der Waals surface area contributed by atoms with Gasteiger partial charge >= 0.3 is 0 Å². The van der Waals surface area contributed by atoms with Gasteiger partial charge in [0.1, 0.15) is 0 Å². The van der Waals surface area contributed by atoms with Gasteiger partial charge in [-0.25, -0.2) is 0 Å². The fourth-order valence-corrected chi connectivity index (χ4v) is 2.96. The number of rotatable bonds is 4. The third-order valence-corrected chi connectivity index (χ3v) is 3.96. The second-order valence-corrected chi connectivity index (χ2v) is 5.65. The van der Waals surface area contributed by atoms with Crippen LogP contribution in [0.1, 0.15) is 44.6 Å². The lowest BCUT2D eigenvalue weighted by molar-refractivity contribution is 0.295. The van der Waals surface area contributed by atoms with Crippen molar-refractivity contribution in [1.82, 2.24) is 0 Å². The molecule has 0 amide bonds. The Morgan fingerprint density at radius 1 is 1.31 bits per heavy atom. The van der Waals surface area contributed by atoms with Crippen molar-refractivity contribution in [2.45, 2.75) is 51.5 Å². The van der Waals surface area contributed by atoms with E-state index in [9.17, 15) is 0 Å². The van der Waals surface area contributed by atoms with Crippen LogP contribution >= 0.6 is 0 Å². The first-order valence-corrected chi connectivity index (χ1v) is 6.47. The van der Waals surface area contributed by atoms with Crippen molar-refractivity contribution in [3.05, 3.63) is 35.9 Å². The van der Waals surface area contributed by atoms with Crippen molar-refractivity contribution >= 4 is 0 Å². The van der Waals surface area contributed by atoms with Crippen LogP contribution in [-0.4, -0.2) is 6.04 Å². The van der Waals surface area contributed by atoms with Crippen molar-refractivity contribution in [1.29, 1.82) is 0 Å². The van der Waals surface area contributed by atoms with Crippen LogP contribution in [0.3, 0.4) is 0 Å². The van der Waals surface area contributed by atoms with E-state index < -0.39 is 0 Å². The van der Waals surface area contributed by atoms with E-state index in [2.05, 4.69) is 37.3 Å². The molecular formula is C15H23N. The number of hydrogen-bond acceptors (Lipinski definition) is 1. The van der Waals surface area contributed by atoms with Gasteiger partial charge in [-0.05, 0) is 49.5 Å². The van der Waals surface area contributed by atoms with Gasteiger partial charge in [0.05, 0.1) is 0 Å². The molecule has 1 aromatic carbocycles. The molecule has 1 fully saturated rings. The Bertz CT molecular complexity index is 319. The Hall–Kier alpha value is -0.820. The highest BCUT2D eigenvalue weighted by Crippen LogP contribution is 2.41. The van der Waals surface area contributed by atoms with Gasteiger partial charge in [-0.1, -0.05) is 37.3 Å². The normalized spacial score (nSPS) is 29.5. The molecule has 1 heteroatoms. The van der Waals surface area contributed by atoms with Crippen LogP contribution in [0.5, 0.6) is 0 Å². The molecule has 2 unspecified atom stereocenters. The fourth-order valence-electron chi connectivity index (χ4n) is 2.96. The first-order chi connectivity index (χ1) is 7.68. The lowest BCUT2D eigenvalue weighted by atomic mass is 9.82. The van der Waals surface area contributed by atoms with Gasteiger partial charge in [-0.2, -0.15) is 0 Å². The van der Waals surface area contributed by atoms with E-state index in [0.717, 1.165) is 0 Å². The summed E-state index contributed by atoms with van der Waals surface area (Å²) in [5, 5.41) is 0. The molecule has 0 radical (unpaired) electrons. The fraction of sp³-hybridized carbons (Fsp3) is 0.600. The summed E-state index contributed by atoms with van der Waals surface area (Å²) in [4.78, 5) is 0. The molecule has 0 heterocycles. The molecule has 88 valence electrons. The maximum Gasteiger partial charge on any atom is 0.00442 e. The molecule has 2 N–H and O–H groups in total. The van der Waals surface area contributed by atoms with Crippen LogP contribution in [0, 0.1) is 5.41 Å².